The quantitative estimate of drug-likeness (QED) is 0.724. The molecule has 0 N–H and O–H groups in total. The third-order valence-electron chi connectivity index (χ3n) is 1.23. The number of hydrogen-bond donors (Lipinski definition) is 0. The summed E-state index contributed by atoms with van der Waals surface area (Å²) < 4.78 is 28.3. The van der Waals surface area contributed by atoms with Crippen molar-refractivity contribution in [1.82, 2.24) is 0 Å². The summed E-state index contributed by atoms with van der Waals surface area (Å²) in [6.45, 7) is 2.13. The highest BCUT2D eigenvalue weighted by molar-refractivity contribution is 7.80. The molecule has 0 aliphatic rings. The molecule has 1 atom stereocenters. The van der Waals surface area contributed by atoms with E-state index in [1.807, 2.05) is 0 Å². The Morgan fingerprint density at radius 1 is 1.42 bits per heavy atom. The van der Waals surface area contributed by atoms with Crippen molar-refractivity contribution >= 4 is 11.1 Å². The van der Waals surface area contributed by atoms with E-state index in [9.17, 15) is 8.60 Å². The van der Waals surface area contributed by atoms with Gasteiger partial charge < -0.3 is 0 Å². The number of benzene rings is 1. The zero-order chi connectivity index (χ0) is 8.97. The van der Waals surface area contributed by atoms with Crippen LogP contribution in [0.25, 0.3) is 0 Å². The van der Waals surface area contributed by atoms with Gasteiger partial charge in [-0.1, -0.05) is 0 Å². The van der Waals surface area contributed by atoms with Crippen LogP contribution in [0.15, 0.2) is 29.2 Å². The van der Waals surface area contributed by atoms with Crippen LogP contribution < -0.4 is 0 Å². The van der Waals surface area contributed by atoms with E-state index in [4.69, 9.17) is 4.18 Å². The summed E-state index contributed by atoms with van der Waals surface area (Å²) in [6, 6.07) is 5.40. The van der Waals surface area contributed by atoms with Gasteiger partial charge in [0.05, 0.1) is 11.5 Å². The minimum atomic E-state index is -1.46. The molecule has 0 saturated carbocycles. The van der Waals surface area contributed by atoms with E-state index in [0.29, 0.717) is 11.5 Å². The monoisotopic (exact) mass is 188 g/mol. The van der Waals surface area contributed by atoms with Gasteiger partial charge in [-0.3, -0.25) is 4.18 Å². The molecule has 0 aromatic heterocycles. The zero-order valence-corrected chi connectivity index (χ0v) is 7.44. The largest absolute Gasteiger partial charge is 0.287 e. The van der Waals surface area contributed by atoms with Crippen LogP contribution in [0.3, 0.4) is 0 Å². The molecule has 0 unspecified atom stereocenters. The number of hydrogen-bond acceptors (Lipinski definition) is 2. The lowest BCUT2D eigenvalue weighted by molar-refractivity contribution is 0.371. The van der Waals surface area contributed by atoms with Crippen LogP contribution in [0.4, 0.5) is 4.39 Å². The summed E-state index contributed by atoms with van der Waals surface area (Å²) in [5.41, 5.74) is 0. The predicted octanol–water partition coefficient (Wildman–Crippen LogP) is 1.88. The van der Waals surface area contributed by atoms with Gasteiger partial charge in [-0.2, -0.15) is 0 Å². The molecule has 0 radical (unpaired) electrons. The van der Waals surface area contributed by atoms with E-state index in [0.717, 1.165) is 0 Å². The Bertz CT molecular complexity index is 271. The average molecular weight is 188 g/mol. The van der Waals surface area contributed by atoms with Crippen LogP contribution in [-0.4, -0.2) is 10.8 Å². The molecular formula is C8H9FO2S. The molecular weight excluding hydrogens is 179 g/mol. The summed E-state index contributed by atoms with van der Waals surface area (Å²) in [6.07, 6.45) is 0. The second kappa shape index (κ2) is 4.33. The minimum Gasteiger partial charge on any atom is -0.287 e. The maximum atomic E-state index is 12.4. The van der Waals surface area contributed by atoms with Gasteiger partial charge in [0.15, 0.2) is 11.1 Å². The van der Waals surface area contributed by atoms with E-state index in [1.54, 1.807) is 6.92 Å². The standard InChI is InChI=1S/C8H9FO2S/c1-2-11-12(10)8-5-3-7(9)4-6-8/h3-6H,2H2,1H3/t12-/m1/s1. The Morgan fingerprint density at radius 2 is 2.00 bits per heavy atom. The van der Waals surface area contributed by atoms with Crippen molar-refractivity contribution in [1.29, 1.82) is 0 Å². The van der Waals surface area contributed by atoms with Crippen LogP contribution >= 0.6 is 0 Å². The Kier molecular flexibility index (Phi) is 3.37. The molecule has 0 amide bonds. The van der Waals surface area contributed by atoms with Crippen molar-refractivity contribution in [2.75, 3.05) is 6.61 Å². The molecule has 0 bridgehead atoms. The predicted molar refractivity (Wildman–Crippen MR) is 44.4 cm³/mol. The fraction of sp³-hybridized carbons (Fsp3) is 0.250. The van der Waals surface area contributed by atoms with Crippen molar-refractivity contribution in [2.45, 2.75) is 11.8 Å². The first-order valence-corrected chi connectivity index (χ1v) is 4.62. The Balaban J connectivity index is 2.75. The molecule has 2 nitrogen and oxygen atoms in total. The summed E-state index contributed by atoms with van der Waals surface area (Å²) in [4.78, 5) is 0.484. The van der Waals surface area contributed by atoms with Gasteiger partial charge in [0.2, 0.25) is 0 Å². The molecule has 0 heterocycles. The van der Waals surface area contributed by atoms with Gasteiger partial charge in [-0.25, -0.2) is 8.60 Å². The van der Waals surface area contributed by atoms with Crippen LogP contribution in [0.1, 0.15) is 6.92 Å². The Labute approximate surface area is 73.0 Å². The van der Waals surface area contributed by atoms with E-state index in [1.165, 1.54) is 24.3 Å². The van der Waals surface area contributed by atoms with Crippen LogP contribution in [-0.2, 0) is 15.3 Å². The number of rotatable bonds is 3. The Hall–Kier alpha value is -0.740. The van der Waals surface area contributed by atoms with Crippen molar-refractivity contribution in [3.05, 3.63) is 30.1 Å². The molecule has 1 aromatic rings. The van der Waals surface area contributed by atoms with Crippen molar-refractivity contribution in [3.63, 3.8) is 0 Å². The first-order valence-electron chi connectivity index (χ1n) is 3.54. The van der Waals surface area contributed by atoms with Gasteiger partial charge in [0, 0.05) is 0 Å². The SMILES string of the molecule is CCO[S@@](=O)c1ccc(F)cc1. The summed E-state index contributed by atoms with van der Waals surface area (Å²) in [5, 5.41) is 0. The highest BCUT2D eigenvalue weighted by atomic mass is 32.2. The molecule has 0 aliphatic carbocycles. The Morgan fingerprint density at radius 3 is 2.50 bits per heavy atom. The van der Waals surface area contributed by atoms with E-state index < -0.39 is 11.1 Å². The van der Waals surface area contributed by atoms with E-state index in [-0.39, 0.29) is 5.82 Å². The molecule has 66 valence electrons. The summed E-state index contributed by atoms with van der Waals surface area (Å²) >= 11 is -1.46. The molecule has 1 aromatic carbocycles. The van der Waals surface area contributed by atoms with Crippen molar-refractivity contribution in [2.24, 2.45) is 0 Å². The van der Waals surface area contributed by atoms with Gasteiger partial charge in [0.25, 0.3) is 0 Å². The minimum absolute atomic E-state index is 0.341. The van der Waals surface area contributed by atoms with Crippen LogP contribution in [0.2, 0.25) is 0 Å². The zero-order valence-electron chi connectivity index (χ0n) is 6.62. The third-order valence-corrected chi connectivity index (χ3v) is 2.34. The summed E-state index contributed by atoms with van der Waals surface area (Å²) in [7, 11) is 0. The first kappa shape index (κ1) is 9.35. The first-order chi connectivity index (χ1) is 5.74. The fourth-order valence-electron chi connectivity index (χ4n) is 0.721. The van der Waals surface area contributed by atoms with Crippen LogP contribution in [0.5, 0.6) is 0 Å². The maximum Gasteiger partial charge on any atom is 0.189 e. The molecule has 0 saturated heterocycles. The highest BCUT2D eigenvalue weighted by Gasteiger charge is 2.02. The third kappa shape index (κ3) is 2.39. The molecule has 4 heteroatoms. The lowest BCUT2D eigenvalue weighted by atomic mass is 10.4. The van der Waals surface area contributed by atoms with E-state index in [2.05, 4.69) is 0 Å². The summed E-state index contributed by atoms with van der Waals surface area (Å²) in [5.74, 6) is -0.341. The van der Waals surface area contributed by atoms with Crippen molar-refractivity contribution in [3.8, 4) is 0 Å². The van der Waals surface area contributed by atoms with Gasteiger partial charge in [-0.05, 0) is 31.2 Å². The lowest BCUT2D eigenvalue weighted by Crippen LogP contribution is -1.96. The molecule has 0 spiro atoms. The molecule has 0 fully saturated rings. The topological polar surface area (TPSA) is 26.3 Å². The average Bonchev–Trinajstić information content (AvgIpc) is 2.06. The maximum absolute atomic E-state index is 12.4. The van der Waals surface area contributed by atoms with Crippen molar-refractivity contribution < 1.29 is 12.8 Å². The lowest BCUT2D eigenvalue weighted by Gasteiger charge is -1.99. The smallest absolute Gasteiger partial charge is 0.189 e. The molecule has 12 heavy (non-hydrogen) atoms. The second-order valence-electron chi connectivity index (χ2n) is 2.10. The molecule has 1 rings (SSSR count). The fourth-order valence-corrected chi connectivity index (χ4v) is 1.43. The normalized spacial score (nSPS) is 12.8. The highest BCUT2D eigenvalue weighted by Crippen LogP contribution is 2.08. The van der Waals surface area contributed by atoms with E-state index >= 15 is 0 Å². The van der Waals surface area contributed by atoms with Gasteiger partial charge in [-0.15, -0.1) is 0 Å². The molecule has 0 aliphatic heterocycles. The van der Waals surface area contributed by atoms with Gasteiger partial charge >= 0.3 is 0 Å². The second-order valence-corrected chi connectivity index (χ2v) is 3.27. The van der Waals surface area contributed by atoms with Gasteiger partial charge in [0.1, 0.15) is 5.82 Å². The van der Waals surface area contributed by atoms with Crippen LogP contribution in [0, 0.1) is 5.82 Å². The number of halogens is 1.